The van der Waals surface area contributed by atoms with Crippen LogP contribution in [0.15, 0.2) is 35.4 Å². The fourth-order valence-electron chi connectivity index (χ4n) is 7.33. The van der Waals surface area contributed by atoms with Gasteiger partial charge in [0.1, 0.15) is 23.2 Å². The molecular formula is C33H46N8O9S. The Morgan fingerprint density at radius 2 is 1.73 bits per heavy atom. The second-order valence-corrected chi connectivity index (χ2v) is 15.8. The molecule has 1 saturated carbocycles. The molecule has 0 radical (unpaired) electrons. The molecular weight excluding hydrogens is 684 g/mol. The molecule has 0 bridgehead atoms. The Hall–Kier alpha value is -4.26. The summed E-state index contributed by atoms with van der Waals surface area (Å²) in [5.41, 5.74) is 2.84. The third-order valence-corrected chi connectivity index (χ3v) is 11.1. The van der Waals surface area contributed by atoms with Gasteiger partial charge in [0, 0.05) is 44.6 Å². The number of ether oxygens (including phenoxy) is 1. The molecule has 1 aliphatic carbocycles. The summed E-state index contributed by atoms with van der Waals surface area (Å²) in [4.78, 5) is 68.8. The highest BCUT2D eigenvalue weighted by atomic mass is 32.2. The first-order chi connectivity index (χ1) is 24.0. The molecule has 2 aromatic rings. The van der Waals surface area contributed by atoms with Gasteiger partial charge < -0.3 is 31.1 Å². The molecule has 278 valence electrons. The van der Waals surface area contributed by atoms with E-state index in [1.54, 1.807) is 13.8 Å². The van der Waals surface area contributed by atoms with E-state index in [9.17, 15) is 37.5 Å². The number of carbonyl (C=O) groups excluding carboxylic acids is 5. The van der Waals surface area contributed by atoms with E-state index in [1.165, 1.54) is 40.0 Å². The third kappa shape index (κ3) is 8.62. The SMILES string of the molecule is CC(C)(O)c1cnnn1[C@H]1C[C@@H](C(=O)NC2(C(=O)C(N)=O)CCOCC2)N(C(=O)C(CC2CCCCC2)NC(=O)c2ccc(S(N)(=O)=O)cc2)C1. The number of carbonyl (C=O) groups is 5. The van der Waals surface area contributed by atoms with Crippen LogP contribution in [0.2, 0.25) is 0 Å². The average Bonchev–Trinajstić information content (AvgIpc) is 3.76. The minimum Gasteiger partial charge on any atom is -0.384 e. The fraction of sp³-hybridized carbons (Fsp3) is 0.606. The van der Waals surface area contributed by atoms with E-state index in [1.807, 2.05) is 0 Å². The number of nitrogens with one attached hydrogen (secondary N) is 2. The van der Waals surface area contributed by atoms with Gasteiger partial charge in [0.15, 0.2) is 0 Å². The van der Waals surface area contributed by atoms with E-state index in [-0.39, 0.29) is 61.8 Å². The first kappa shape index (κ1) is 38.0. The highest BCUT2D eigenvalue weighted by molar-refractivity contribution is 7.89. The molecule has 1 aromatic heterocycles. The number of primary amides is 1. The summed E-state index contributed by atoms with van der Waals surface area (Å²) in [5.74, 6) is -3.95. The number of likely N-dealkylation sites (tertiary alicyclic amines) is 1. The average molecular weight is 731 g/mol. The number of sulfonamides is 1. The molecule has 0 spiro atoms. The molecule has 3 heterocycles. The molecule has 3 aliphatic rings. The van der Waals surface area contributed by atoms with Gasteiger partial charge in [-0.15, -0.1) is 5.10 Å². The standard InChI is InChI=1S/C33H46N8O9S/c1-32(2,47)26-18-36-39-41(26)22-17-25(30(45)38-33(27(42)28(34)43)12-14-50-15-13-33)40(19-22)31(46)24(16-20-6-4-3-5-7-20)37-29(44)21-8-10-23(11-9-21)51(35,48)49/h8-11,18,20,22,24-25,47H,3-7,12-17,19H2,1-2H3,(H2,34,43)(H,37,44)(H,38,45)(H2,35,48,49)/t22-,24?,25-/m0/s1. The normalized spacial score (nSPS) is 21.8. The van der Waals surface area contributed by atoms with Gasteiger partial charge in [-0.3, -0.25) is 24.0 Å². The number of primary sulfonamides is 1. The summed E-state index contributed by atoms with van der Waals surface area (Å²) in [5, 5.41) is 29.8. The van der Waals surface area contributed by atoms with Crippen LogP contribution in [-0.4, -0.2) is 100 Å². The van der Waals surface area contributed by atoms with Crippen LogP contribution in [0.5, 0.6) is 0 Å². The topological polar surface area (TPSA) is 259 Å². The van der Waals surface area contributed by atoms with Crippen molar-refractivity contribution in [1.82, 2.24) is 30.5 Å². The van der Waals surface area contributed by atoms with Gasteiger partial charge in [-0.1, -0.05) is 37.3 Å². The van der Waals surface area contributed by atoms with Crippen LogP contribution in [0.3, 0.4) is 0 Å². The molecule has 2 aliphatic heterocycles. The Bertz CT molecular complexity index is 1740. The number of hydrogen-bond acceptors (Lipinski definition) is 11. The van der Waals surface area contributed by atoms with Gasteiger partial charge >= 0.3 is 0 Å². The molecule has 51 heavy (non-hydrogen) atoms. The van der Waals surface area contributed by atoms with E-state index in [4.69, 9.17) is 15.6 Å². The van der Waals surface area contributed by atoms with Gasteiger partial charge in [0.2, 0.25) is 27.6 Å². The third-order valence-electron chi connectivity index (χ3n) is 10.1. The summed E-state index contributed by atoms with van der Waals surface area (Å²) in [6, 6.07) is 2.10. The van der Waals surface area contributed by atoms with Gasteiger partial charge in [0.25, 0.3) is 11.8 Å². The lowest BCUT2D eigenvalue weighted by Crippen LogP contribution is -2.64. The van der Waals surface area contributed by atoms with Crippen molar-refractivity contribution in [3.05, 3.63) is 41.7 Å². The van der Waals surface area contributed by atoms with Crippen molar-refractivity contribution >= 4 is 39.4 Å². The van der Waals surface area contributed by atoms with Crippen LogP contribution in [-0.2, 0) is 39.5 Å². The lowest BCUT2D eigenvalue weighted by molar-refractivity contribution is -0.147. The van der Waals surface area contributed by atoms with Crippen molar-refractivity contribution in [3.8, 4) is 0 Å². The monoisotopic (exact) mass is 730 g/mol. The number of aromatic nitrogens is 3. The smallest absolute Gasteiger partial charge is 0.287 e. The Kier molecular flexibility index (Phi) is 11.3. The zero-order valence-corrected chi connectivity index (χ0v) is 29.6. The number of Topliss-reactive ketones (excluding diaryl/α,β-unsaturated/α-hetero) is 1. The molecule has 7 N–H and O–H groups in total. The molecule has 1 aromatic carbocycles. The predicted molar refractivity (Wildman–Crippen MR) is 180 cm³/mol. The molecule has 5 rings (SSSR count). The van der Waals surface area contributed by atoms with Gasteiger partial charge in [-0.25, -0.2) is 18.2 Å². The number of aliphatic hydroxyl groups is 1. The summed E-state index contributed by atoms with van der Waals surface area (Å²) >= 11 is 0. The van der Waals surface area contributed by atoms with Crippen molar-refractivity contribution in [2.75, 3.05) is 19.8 Å². The summed E-state index contributed by atoms with van der Waals surface area (Å²) in [7, 11) is -4.00. The zero-order chi connectivity index (χ0) is 37.1. The summed E-state index contributed by atoms with van der Waals surface area (Å²) in [6.45, 7) is 3.25. The van der Waals surface area contributed by atoms with Gasteiger partial charge in [-0.05, 0) is 50.5 Å². The number of nitrogens with zero attached hydrogens (tertiary/aromatic N) is 4. The second kappa shape index (κ2) is 15.1. The predicted octanol–water partition coefficient (Wildman–Crippen LogP) is -0.216. The minimum absolute atomic E-state index is 0.00113. The Balaban J connectivity index is 1.48. The van der Waals surface area contributed by atoms with E-state index in [0.717, 1.165) is 32.1 Å². The van der Waals surface area contributed by atoms with E-state index >= 15 is 0 Å². The first-order valence-electron chi connectivity index (χ1n) is 17.1. The quantitative estimate of drug-likeness (QED) is 0.178. The molecule has 3 fully saturated rings. The van der Waals surface area contributed by atoms with Crippen molar-refractivity contribution < 1.29 is 42.2 Å². The van der Waals surface area contributed by atoms with Crippen LogP contribution in [0, 0.1) is 5.92 Å². The fourth-order valence-corrected chi connectivity index (χ4v) is 7.85. The Labute approximate surface area is 295 Å². The first-order valence-corrected chi connectivity index (χ1v) is 18.7. The van der Waals surface area contributed by atoms with Gasteiger partial charge in [-0.2, -0.15) is 0 Å². The Morgan fingerprint density at radius 3 is 2.31 bits per heavy atom. The lowest BCUT2D eigenvalue weighted by Gasteiger charge is -2.37. The molecule has 1 unspecified atom stereocenters. The minimum atomic E-state index is -4.00. The van der Waals surface area contributed by atoms with Crippen LogP contribution >= 0.6 is 0 Å². The van der Waals surface area contributed by atoms with E-state index in [0.29, 0.717) is 5.69 Å². The van der Waals surface area contributed by atoms with Gasteiger partial charge in [0.05, 0.1) is 22.8 Å². The number of amides is 4. The van der Waals surface area contributed by atoms with E-state index in [2.05, 4.69) is 20.9 Å². The highest BCUT2D eigenvalue weighted by Crippen LogP contribution is 2.34. The molecule has 3 atom stereocenters. The molecule has 17 nitrogen and oxygen atoms in total. The Morgan fingerprint density at radius 1 is 1.08 bits per heavy atom. The molecule has 4 amide bonds. The molecule has 18 heteroatoms. The van der Waals surface area contributed by atoms with Crippen molar-refractivity contribution in [2.45, 2.75) is 106 Å². The summed E-state index contributed by atoms with van der Waals surface area (Å²) < 4.78 is 30.4. The number of ketones is 1. The van der Waals surface area contributed by atoms with E-state index < -0.39 is 68.7 Å². The van der Waals surface area contributed by atoms with Crippen LogP contribution in [0.4, 0.5) is 0 Å². The lowest BCUT2D eigenvalue weighted by atomic mass is 9.84. The van der Waals surface area contributed by atoms with Crippen molar-refractivity contribution in [1.29, 1.82) is 0 Å². The second-order valence-electron chi connectivity index (χ2n) is 14.2. The number of hydrogen-bond donors (Lipinski definition) is 5. The van der Waals surface area contributed by atoms with Crippen LogP contribution in [0.25, 0.3) is 0 Å². The number of benzene rings is 1. The highest BCUT2D eigenvalue weighted by Gasteiger charge is 2.49. The molecule has 2 saturated heterocycles. The summed E-state index contributed by atoms with van der Waals surface area (Å²) in [6.07, 6.45) is 6.40. The maximum absolute atomic E-state index is 14.7. The maximum Gasteiger partial charge on any atom is 0.287 e. The maximum atomic E-state index is 14.7. The number of rotatable bonds is 12. The van der Waals surface area contributed by atoms with Crippen molar-refractivity contribution in [2.24, 2.45) is 16.8 Å². The van der Waals surface area contributed by atoms with Crippen LogP contribution < -0.4 is 21.5 Å². The number of nitrogens with two attached hydrogens (primary N) is 2. The van der Waals surface area contributed by atoms with Crippen molar-refractivity contribution in [3.63, 3.8) is 0 Å². The largest absolute Gasteiger partial charge is 0.384 e. The van der Waals surface area contributed by atoms with Crippen LogP contribution in [0.1, 0.15) is 93.7 Å². The zero-order valence-electron chi connectivity index (χ0n) is 28.7.